The van der Waals surface area contributed by atoms with Gasteiger partial charge in [-0.05, 0) is 48.2 Å². The van der Waals surface area contributed by atoms with Gasteiger partial charge >= 0.3 is 0 Å². The fraction of sp³-hybridized carbons (Fsp3) is 0. The van der Waals surface area contributed by atoms with Crippen LogP contribution in [0.15, 0.2) is 53.6 Å². The van der Waals surface area contributed by atoms with Crippen molar-refractivity contribution < 1.29 is 9.59 Å². The first-order valence-electron chi connectivity index (χ1n) is 6.10. The van der Waals surface area contributed by atoms with Crippen LogP contribution in [0, 0.1) is 0 Å². The predicted octanol–water partition coefficient (Wildman–Crippen LogP) is 3.98. The molecular formula is C15H9ClN2O2S. The number of amides is 2. The third-order valence-corrected chi connectivity index (χ3v) is 3.93. The Morgan fingerprint density at radius 2 is 2.00 bits per heavy atom. The molecule has 104 valence electrons. The van der Waals surface area contributed by atoms with E-state index in [0.717, 1.165) is 16.7 Å². The Morgan fingerprint density at radius 1 is 1.14 bits per heavy atom. The van der Waals surface area contributed by atoms with Crippen LogP contribution in [0.4, 0.5) is 10.5 Å². The standard InChI is InChI=1S/C15H9ClN2O2S/c16-10-4-3-6-12(8-10)18-14(19)13(21-15(18)20)9-11-5-1-2-7-17-11/h1-9H/b13-9-. The minimum absolute atomic E-state index is 0.343. The van der Waals surface area contributed by atoms with Gasteiger partial charge in [0.25, 0.3) is 11.1 Å². The second-order valence-electron chi connectivity index (χ2n) is 4.25. The number of imide groups is 1. The van der Waals surface area contributed by atoms with E-state index in [1.165, 1.54) is 0 Å². The van der Waals surface area contributed by atoms with Crippen LogP contribution in [0.2, 0.25) is 5.02 Å². The number of thioether (sulfide) groups is 1. The number of hydrogen-bond acceptors (Lipinski definition) is 4. The highest BCUT2D eigenvalue weighted by molar-refractivity contribution is 8.19. The molecule has 0 aliphatic carbocycles. The molecule has 0 radical (unpaired) electrons. The smallest absolute Gasteiger partial charge is 0.268 e. The first-order chi connectivity index (χ1) is 10.1. The van der Waals surface area contributed by atoms with Crippen LogP contribution >= 0.6 is 23.4 Å². The molecule has 0 unspecified atom stereocenters. The van der Waals surface area contributed by atoms with Gasteiger partial charge in [-0.3, -0.25) is 14.6 Å². The monoisotopic (exact) mass is 316 g/mol. The third kappa shape index (κ3) is 2.84. The Balaban J connectivity index is 1.94. The van der Waals surface area contributed by atoms with E-state index >= 15 is 0 Å². The van der Waals surface area contributed by atoms with Crippen LogP contribution in [-0.2, 0) is 4.79 Å². The Bertz CT molecular complexity index is 746. The molecule has 0 spiro atoms. The normalized spacial score (nSPS) is 16.8. The molecule has 2 amide bonds. The fourth-order valence-corrected chi connectivity index (χ4v) is 2.91. The Morgan fingerprint density at radius 3 is 2.71 bits per heavy atom. The van der Waals surface area contributed by atoms with Crippen molar-refractivity contribution in [2.75, 3.05) is 4.90 Å². The molecule has 0 bridgehead atoms. The van der Waals surface area contributed by atoms with Gasteiger partial charge in [0.1, 0.15) is 0 Å². The van der Waals surface area contributed by atoms with Gasteiger partial charge < -0.3 is 0 Å². The average molecular weight is 317 g/mol. The molecule has 2 heterocycles. The summed E-state index contributed by atoms with van der Waals surface area (Å²) in [5.74, 6) is -0.363. The van der Waals surface area contributed by atoms with Crippen LogP contribution in [0.25, 0.3) is 6.08 Å². The summed E-state index contributed by atoms with van der Waals surface area (Å²) >= 11 is 6.80. The summed E-state index contributed by atoms with van der Waals surface area (Å²) in [6, 6.07) is 12.0. The lowest BCUT2D eigenvalue weighted by atomic mass is 10.2. The summed E-state index contributed by atoms with van der Waals surface area (Å²) in [5.41, 5.74) is 1.10. The highest BCUT2D eigenvalue weighted by atomic mass is 35.5. The number of nitrogens with zero attached hydrogens (tertiary/aromatic N) is 2. The van der Waals surface area contributed by atoms with Gasteiger partial charge in [0.15, 0.2) is 0 Å². The molecule has 1 aliphatic rings. The lowest BCUT2D eigenvalue weighted by Gasteiger charge is -2.12. The van der Waals surface area contributed by atoms with E-state index in [1.54, 1.807) is 48.7 Å². The topological polar surface area (TPSA) is 50.3 Å². The third-order valence-electron chi connectivity index (χ3n) is 2.83. The molecule has 0 N–H and O–H groups in total. The van der Waals surface area contributed by atoms with Crippen molar-refractivity contribution in [3.05, 3.63) is 64.3 Å². The van der Waals surface area contributed by atoms with Crippen molar-refractivity contribution in [3.8, 4) is 0 Å². The van der Waals surface area contributed by atoms with Crippen molar-refractivity contribution in [3.63, 3.8) is 0 Å². The Labute approximate surface area is 130 Å². The minimum atomic E-state index is -0.363. The molecule has 1 aromatic carbocycles. The molecule has 21 heavy (non-hydrogen) atoms. The zero-order valence-electron chi connectivity index (χ0n) is 10.7. The van der Waals surface area contributed by atoms with Crippen LogP contribution in [0.5, 0.6) is 0 Å². The van der Waals surface area contributed by atoms with Crippen LogP contribution < -0.4 is 4.90 Å². The first-order valence-corrected chi connectivity index (χ1v) is 7.29. The van der Waals surface area contributed by atoms with Crippen molar-refractivity contribution in [2.24, 2.45) is 0 Å². The number of hydrogen-bond donors (Lipinski definition) is 0. The summed E-state index contributed by atoms with van der Waals surface area (Å²) in [6.45, 7) is 0. The van der Waals surface area contributed by atoms with Gasteiger partial charge in [-0.25, -0.2) is 4.90 Å². The maximum atomic E-state index is 12.4. The second-order valence-corrected chi connectivity index (χ2v) is 5.68. The summed E-state index contributed by atoms with van der Waals surface area (Å²) in [5, 5.41) is 0.129. The summed E-state index contributed by atoms with van der Waals surface area (Å²) in [7, 11) is 0. The maximum absolute atomic E-state index is 12.4. The fourth-order valence-electron chi connectivity index (χ4n) is 1.90. The molecule has 1 aliphatic heterocycles. The molecule has 1 fully saturated rings. The highest BCUT2D eigenvalue weighted by Gasteiger charge is 2.36. The molecule has 3 rings (SSSR count). The SMILES string of the molecule is O=C1S/C(=C\c2ccccn2)C(=O)N1c1cccc(Cl)c1. The molecule has 1 aromatic heterocycles. The molecule has 0 saturated carbocycles. The van der Waals surface area contributed by atoms with E-state index in [1.807, 2.05) is 6.07 Å². The number of rotatable bonds is 2. The quantitative estimate of drug-likeness (QED) is 0.786. The molecular weight excluding hydrogens is 308 g/mol. The van der Waals surface area contributed by atoms with Crippen molar-refractivity contribution >= 4 is 46.3 Å². The second kappa shape index (κ2) is 5.71. The maximum Gasteiger partial charge on any atom is 0.298 e. The number of carbonyl (C=O) groups excluding carboxylic acids is 2. The highest BCUT2D eigenvalue weighted by Crippen LogP contribution is 2.36. The van der Waals surface area contributed by atoms with Gasteiger partial charge in [-0.15, -0.1) is 0 Å². The number of carbonyl (C=O) groups is 2. The van der Waals surface area contributed by atoms with Gasteiger partial charge in [0.2, 0.25) is 0 Å². The van der Waals surface area contributed by atoms with Gasteiger partial charge in [0.05, 0.1) is 16.3 Å². The van der Waals surface area contributed by atoms with Crippen LogP contribution in [-0.4, -0.2) is 16.1 Å². The van der Waals surface area contributed by atoms with Crippen molar-refractivity contribution in [1.82, 2.24) is 4.98 Å². The number of anilines is 1. The number of aromatic nitrogens is 1. The average Bonchev–Trinajstić information content (AvgIpc) is 2.74. The predicted molar refractivity (Wildman–Crippen MR) is 84.1 cm³/mol. The van der Waals surface area contributed by atoms with E-state index in [2.05, 4.69) is 4.98 Å². The zero-order valence-corrected chi connectivity index (χ0v) is 12.3. The summed E-state index contributed by atoms with van der Waals surface area (Å²) < 4.78 is 0. The van der Waals surface area contributed by atoms with Crippen LogP contribution in [0.1, 0.15) is 5.69 Å². The van der Waals surface area contributed by atoms with Crippen molar-refractivity contribution in [1.29, 1.82) is 0 Å². The Hall–Kier alpha value is -2.11. The summed E-state index contributed by atoms with van der Waals surface area (Å²) in [6.07, 6.45) is 3.24. The van der Waals surface area contributed by atoms with E-state index in [-0.39, 0.29) is 11.1 Å². The zero-order chi connectivity index (χ0) is 14.8. The van der Waals surface area contributed by atoms with E-state index < -0.39 is 0 Å². The molecule has 2 aromatic rings. The number of pyridine rings is 1. The van der Waals surface area contributed by atoms with E-state index in [4.69, 9.17) is 11.6 Å². The van der Waals surface area contributed by atoms with Crippen molar-refractivity contribution in [2.45, 2.75) is 0 Å². The molecule has 1 saturated heterocycles. The van der Waals surface area contributed by atoms with E-state index in [0.29, 0.717) is 21.3 Å². The minimum Gasteiger partial charge on any atom is -0.268 e. The number of halogens is 1. The summed E-state index contributed by atoms with van der Waals surface area (Å²) in [4.78, 5) is 30.0. The van der Waals surface area contributed by atoms with Gasteiger partial charge in [-0.2, -0.15) is 0 Å². The van der Waals surface area contributed by atoms with E-state index in [9.17, 15) is 9.59 Å². The molecule has 4 nitrogen and oxygen atoms in total. The largest absolute Gasteiger partial charge is 0.298 e. The van der Waals surface area contributed by atoms with Gasteiger partial charge in [0, 0.05) is 11.2 Å². The Kier molecular flexibility index (Phi) is 3.77. The lowest BCUT2D eigenvalue weighted by molar-refractivity contribution is -0.113. The molecule has 6 heteroatoms. The molecule has 0 atom stereocenters. The number of benzene rings is 1. The van der Waals surface area contributed by atoms with Crippen LogP contribution in [0.3, 0.4) is 0 Å². The first kappa shape index (κ1) is 13.9. The lowest BCUT2D eigenvalue weighted by Crippen LogP contribution is -2.27. The van der Waals surface area contributed by atoms with Gasteiger partial charge in [-0.1, -0.05) is 23.7 Å².